The van der Waals surface area contributed by atoms with Gasteiger partial charge >= 0.3 is 0 Å². The van der Waals surface area contributed by atoms with Crippen molar-refractivity contribution in [3.8, 4) is 11.1 Å². The normalized spacial score (nSPS) is 21.0. The van der Waals surface area contributed by atoms with Crippen molar-refractivity contribution in [2.75, 3.05) is 0 Å². The van der Waals surface area contributed by atoms with Crippen LogP contribution in [0.25, 0.3) is 11.1 Å². The first-order valence-corrected chi connectivity index (χ1v) is 7.45. The highest BCUT2D eigenvalue weighted by molar-refractivity contribution is 6.33. The topological polar surface area (TPSA) is 57.8 Å². The van der Waals surface area contributed by atoms with Crippen LogP contribution in [0.2, 0.25) is 5.02 Å². The maximum absolute atomic E-state index is 13.1. The van der Waals surface area contributed by atoms with E-state index in [1.807, 2.05) is 13.8 Å². The van der Waals surface area contributed by atoms with Gasteiger partial charge in [0.25, 0.3) is 5.85 Å². The van der Waals surface area contributed by atoms with Gasteiger partial charge in [0, 0.05) is 17.7 Å². The zero-order valence-electron chi connectivity index (χ0n) is 12.2. The number of hydrogen-bond acceptors (Lipinski definition) is 4. The number of pyridine rings is 1. The molecule has 1 aromatic heterocycles. The largest absolute Gasteiger partial charge is 0.351 e. The third-order valence-corrected chi connectivity index (χ3v) is 4.23. The molecule has 0 amide bonds. The van der Waals surface area contributed by atoms with E-state index in [1.165, 1.54) is 18.3 Å². The van der Waals surface area contributed by atoms with Gasteiger partial charge < -0.3 is 5.11 Å². The van der Waals surface area contributed by atoms with Crippen molar-refractivity contribution >= 4 is 11.6 Å². The SMILES string of the molecule is CC[C@H](C)C1(O)N=c2ncc(Cl)c(-c3ccc(F)cc3)c2=N1. The van der Waals surface area contributed by atoms with Crippen LogP contribution in [0.15, 0.2) is 40.4 Å². The summed E-state index contributed by atoms with van der Waals surface area (Å²) in [5.41, 5.74) is 1.67. The second-order valence-electron chi connectivity index (χ2n) is 5.38. The lowest BCUT2D eigenvalue weighted by molar-refractivity contribution is 0.00207. The van der Waals surface area contributed by atoms with Gasteiger partial charge in [0.05, 0.1) is 5.02 Å². The molecule has 0 fully saturated rings. The first-order chi connectivity index (χ1) is 10.4. The molecule has 1 unspecified atom stereocenters. The van der Waals surface area contributed by atoms with Crippen molar-refractivity contribution in [2.24, 2.45) is 15.9 Å². The Hall–Kier alpha value is -1.85. The van der Waals surface area contributed by atoms with E-state index in [0.717, 1.165) is 6.42 Å². The third-order valence-electron chi connectivity index (χ3n) is 3.94. The summed E-state index contributed by atoms with van der Waals surface area (Å²) >= 11 is 6.25. The molecule has 0 saturated heterocycles. The molecule has 0 spiro atoms. The van der Waals surface area contributed by atoms with Gasteiger partial charge in [-0.15, -0.1) is 0 Å². The lowest BCUT2D eigenvalue weighted by Crippen LogP contribution is -2.31. The number of nitrogens with zero attached hydrogens (tertiary/aromatic N) is 3. The average molecular weight is 320 g/mol. The highest BCUT2D eigenvalue weighted by atomic mass is 35.5. The van der Waals surface area contributed by atoms with Gasteiger partial charge in [-0.05, 0) is 24.1 Å². The Morgan fingerprint density at radius 3 is 2.59 bits per heavy atom. The van der Waals surface area contributed by atoms with Gasteiger partial charge in [0.1, 0.15) is 11.2 Å². The van der Waals surface area contributed by atoms with Crippen molar-refractivity contribution in [1.29, 1.82) is 0 Å². The molecule has 4 nitrogen and oxygen atoms in total. The summed E-state index contributed by atoms with van der Waals surface area (Å²) < 4.78 is 13.1. The predicted octanol–water partition coefficient (Wildman–Crippen LogP) is 2.49. The van der Waals surface area contributed by atoms with Crippen molar-refractivity contribution in [1.82, 2.24) is 4.98 Å². The molecule has 114 valence electrons. The minimum absolute atomic E-state index is 0.151. The van der Waals surface area contributed by atoms with Crippen LogP contribution in [0.5, 0.6) is 0 Å². The van der Waals surface area contributed by atoms with Gasteiger partial charge in [-0.2, -0.15) is 0 Å². The predicted molar refractivity (Wildman–Crippen MR) is 81.4 cm³/mol. The molecular formula is C16H15ClFN3O. The van der Waals surface area contributed by atoms with E-state index in [9.17, 15) is 9.50 Å². The van der Waals surface area contributed by atoms with Crippen molar-refractivity contribution in [3.63, 3.8) is 0 Å². The van der Waals surface area contributed by atoms with Crippen molar-refractivity contribution < 1.29 is 9.50 Å². The van der Waals surface area contributed by atoms with Crippen LogP contribution in [-0.4, -0.2) is 15.9 Å². The van der Waals surface area contributed by atoms with E-state index in [-0.39, 0.29) is 11.7 Å². The standard InChI is InChI=1S/C16H15ClFN3O/c1-3-9(2)16(22)20-14-13(10-4-6-11(18)7-5-10)12(17)8-19-15(14)21-16/h4-9,22H,3H2,1-2H3/t9-,16?/m0/s1. The summed E-state index contributed by atoms with van der Waals surface area (Å²) in [6.45, 7) is 3.83. The molecule has 2 atom stereocenters. The molecule has 0 radical (unpaired) electrons. The number of aliphatic hydroxyl groups is 1. The Bertz CT molecular complexity index is 838. The van der Waals surface area contributed by atoms with Gasteiger partial charge in [0.15, 0.2) is 5.49 Å². The number of rotatable bonds is 3. The van der Waals surface area contributed by atoms with Gasteiger partial charge in [-0.1, -0.05) is 37.6 Å². The molecular weight excluding hydrogens is 305 g/mol. The minimum Gasteiger partial charge on any atom is -0.351 e. The Labute approximate surface area is 132 Å². The number of hydrogen-bond donors (Lipinski definition) is 1. The number of benzene rings is 1. The van der Waals surface area contributed by atoms with Gasteiger partial charge in [-0.3, -0.25) is 0 Å². The van der Waals surface area contributed by atoms with E-state index in [2.05, 4.69) is 15.0 Å². The molecule has 3 rings (SSSR count). The number of fused-ring (bicyclic) bond motifs is 1. The molecule has 0 bridgehead atoms. The second-order valence-corrected chi connectivity index (χ2v) is 5.79. The highest BCUT2D eigenvalue weighted by Crippen LogP contribution is 2.27. The molecule has 1 aliphatic rings. The lowest BCUT2D eigenvalue weighted by Gasteiger charge is -2.21. The molecule has 2 aromatic rings. The summed E-state index contributed by atoms with van der Waals surface area (Å²) in [5, 5.41) is 11.4. The first-order valence-electron chi connectivity index (χ1n) is 7.07. The molecule has 2 heterocycles. The second kappa shape index (κ2) is 5.41. The number of halogens is 2. The van der Waals surface area contributed by atoms with E-state index < -0.39 is 5.85 Å². The quantitative estimate of drug-likeness (QED) is 0.945. The average Bonchev–Trinajstić information content (AvgIpc) is 2.85. The molecule has 6 heteroatoms. The van der Waals surface area contributed by atoms with E-state index in [4.69, 9.17) is 11.6 Å². The van der Waals surface area contributed by atoms with E-state index >= 15 is 0 Å². The Balaban J connectivity index is 2.25. The third kappa shape index (κ3) is 2.40. The van der Waals surface area contributed by atoms with Crippen LogP contribution in [0.3, 0.4) is 0 Å². The molecule has 1 aliphatic heterocycles. The fourth-order valence-electron chi connectivity index (χ4n) is 2.39. The van der Waals surface area contributed by atoms with Gasteiger partial charge in [0.2, 0.25) is 0 Å². The number of aromatic nitrogens is 1. The molecule has 22 heavy (non-hydrogen) atoms. The fraction of sp³-hybridized carbons (Fsp3) is 0.312. The summed E-state index contributed by atoms with van der Waals surface area (Å²) in [6.07, 6.45) is 2.19. The van der Waals surface area contributed by atoms with Crippen LogP contribution in [-0.2, 0) is 0 Å². The Morgan fingerprint density at radius 1 is 1.27 bits per heavy atom. The summed E-state index contributed by atoms with van der Waals surface area (Å²) in [4.78, 5) is 12.8. The van der Waals surface area contributed by atoms with Crippen LogP contribution in [0, 0.1) is 11.7 Å². The zero-order chi connectivity index (χ0) is 15.9. The molecule has 1 aromatic carbocycles. The maximum Gasteiger partial charge on any atom is 0.259 e. The summed E-state index contributed by atoms with van der Waals surface area (Å²) in [5.74, 6) is -2.01. The van der Waals surface area contributed by atoms with Crippen LogP contribution >= 0.6 is 11.6 Å². The molecule has 0 saturated carbocycles. The summed E-state index contributed by atoms with van der Waals surface area (Å²) in [6, 6.07) is 5.94. The highest BCUT2D eigenvalue weighted by Gasteiger charge is 2.35. The lowest BCUT2D eigenvalue weighted by atomic mass is 10.0. The fourth-order valence-corrected chi connectivity index (χ4v) is 2.63. The van der Waals surface area contributed by atoms with E-state index in [0.29, 0.717) is 27.0 Å². The molecule has 0 aliphatic carbocycles. The zero-order valence-corrected chi connectivity index (χ0v) is 13.0. The Morgan fingerprint density at radius 2 is 1.95 bits per heavy atom. The smallest absolute Gasteiger partial charge is 0.259 e. The minimum atomic E-state index is -1.52. The summed E-state index contributed by atoms with van der Waals surface area (Å²) in [7, 11) is 0. The monoisotopic (exact) mass is 319 g/mol. The van der Waals surface area contributed by atoms with Crippen LogP contribution < -0.4 is 10.8 Å². The Kier molecular flexibility index (Phi) is 3.70. The van der Waals surface area contributed by atoms with Crippen molar-refractivity contribution in [2.45, 2.75) is 26.1 Å². The molecule has 1 N–H and O–H groups in total. The van der Waals surface area contributed by atoms with Crippen LogP contribution in [0.4, 0.5) is 4.39 Å². The maximum atomic E-state index is 13.1. The van der Waals surface area contributed by atoms with Gasteiger partial charge in [-0.25, -0.2) is 19.4 Å². The van der Waals surface area contributed by atoms with Crippen LogP contribution in [0.1, 0.15) is 20.3 Å². The van der Waals surface area contributed by atoms with E-state index in [1.54, 1.807) is 12.1 Å². The first kappa shape index (κ1) is 15.1. The van der Waals surface area contributed by atoms with Crippen molar-refractivity contribution in [3.05, 3.63) is 52.1 Å².